The molecule has 29 heavy (non-hydrogen) atoms. The van der Waals surface area contributed by atoms with E-state index >= 15 is 0 Å². The summed E-state index contributed by atoms with van der Waals surface area (Å²) in [6.07, 6.45) is 3.60. The minimum atomic E-state index is -0.366. The van der Waals surface area contributed by atoms with Crippen LogP contribution in [0.15, 0.2) is 79.1 Å². The average molecular weight is 407 g/mol. The van der Waals surface area contributed by atoms with Gasteiger partial charge in [-0.1, -0.05) is 54.1 Å². The van der Waals surface area contributed by atoms with Gasteiger partial charge in [-0.15, -0.1) is 0 Å². The van der Waals surface area contributed by atoms with Crippen molar-refractivity contribution in [1.82, 2.24) is 10.3 Å². The zero-order valence-corrected chi connectivity index (χ0v) is 16.5. The summed E-state index contributed by atoms with van der Waals surface area (Å²) in [4.78, 5) is 4.14. The first kappa shape index (κ1) is 19.4. The lowest BCUT2D eigenvalue weighted by atomic mass is 10.0. The highest BCUT2D eigenvalue weighted by Crippen LogP contribution is 2.30. The molecular weight excluding hydrogens is 387 g/mol. The fourth-order valence-corrected chi connectivity index (χ4v) is 3.51. The standard InChI is InChI=1S/C24H20ClFN2O/c25-22-8-3-9-23(26)21(22)16-29-24-11-10-18-6-1-2-7-19(18)20(24)15-28-14-17-5-4-12-27-13-17/h1-13,28H,14-16H2. The molecule has 0 saturated carbocycles. The molecule has 0 spiro atoms. The summed E-state index contributed by atoms with van der Waals surface area (Å²) in [6.45, 7) is 1.37. The molecule has 146 valence electrons. The van der Waals surface area contributed by atoms with Gasteiger partial charge in [0.1, 0.15) is 18.2 Å². The number of ether oxygens (including phenoxy) is 1. The van der Waals surface area contributed by atoms with Gasteiger partial charge in [0.05, 0.1) is 5.02 Å². The van der Waals surface area contributed by atoms with Crippen LogP contribution in [0, 0.1) is 5.82 Å². The topological polar surface area (TPSA) is 34.1 Å². The van der Waals surface area contributed by atoms with Gasteiger partial charge in [-0.25, -0.2) is 4.39 Å². The summed E-state index contributed by atoms with van der Waals surface area (Å²) in [6, 6.07) is 20.7. The maximum Gasteiger partial charge on any atom is 0.131 e. The Bertz CT molecular complexity index is 1100. The van der Waals surface area contributed by atoms with Crippen LogP contribution in [0.25, 0.3) is 10.8 Å². The van der Waals surface area contributed by atoms with Crippen molar-refractivity contribution in [2.24, 2.45) is 0 Å². The fourth-order valence-electron chi connectivity index (χ4n) is 3.29. The Hall–Kier alpha value is -2.95. The number of hydrogen-bond donors (Lipinski definition) is 1. The minimum absolute atomic E-state index is 0.0689. The first-order valence-corrected chi connectivity index (χ1v) is 9.76. The Morgan fingerprint density at radius 2 is 1.79 bits per heavy atom. The van der Waals surface area contributed by atoms with Crippen molar-refractivity contribution >= 4 is 22.4 Å². The van der Waals surface area contributed by atoms with Crippen molar-refractivity contribution in [3.63, 3.8) is 0 Å². The third kappa shape index (κ3) is 4.56. The van der Waals surface area contributed by atoms with Gasteiger partial charge in [0, 0.05) is 36.6 Å². The third-order valence-electron chi connectivity index (χ3n) is 4.78. The molecule has 0 fully saturated rings. The van der Waals surface area contributed by atoms with Crippen molar-refractivity contribution in [2.45, 2.75) is 19.7 Å². The Morgan fingerprint density at radius 3 is 2.62 bits per heavy atom. The quantitative estimate of drug-likeness (QED) is 0.415. The van der Waals surface area contributed by atoms with Gasteiger partial charge in [-0.05, 0) is 40.6 Å². The highest BCUT2D eigenvalue weighted by atomic mass is 35.5. The van der Waals surface area contributed by atoms with Crippen molar-refractivity contribution in [2.75, 3.05) is 0 Å². The summed E-state index contributed by atoms with van der Waals surface area (Å²) in [5.41, 5.74) is 2.49. The Kier molecular flexibility index (Phi) is 6.03. The van der Waals surface area contributed by atoms with Gasteiger partial charge < -0.3 is 10.1 Å². The summed E-state index contributed by atoms with van der Waals surface area (Å²) in [5, 5.41) is 6.04. The van der Waals surface area contributed by atoms with E-state index in [4.69, 9.17) is 16.3 Å². The van der Waals surface area contributed by atoms with Gasteiger partial charge >= 0.3 is 0 Å². The lowest BCUT2D eigenvalue weighted by Crippen LogP contribution is -2.14. The van der Waals surface area contributed by atoms with Crippen LogP contribution < -0.4 is 10.1 Å². The number of benzene rings is 3. The third-order valence-corrected chi connectivity index (χ3v) is 5.14. The molecule has 1 aromatic heterocycles. The highest BCUT2D eigenvalue weighted by Gasteiger charge is 2.12. The molecule has 0 radical (unpaired) electrons. The van der Waals surface area contributed by atoms with Crippen LogP contribution in [0.4, 0.5) is 4.39 Å². The van der Waals surface area contributed by atoms with Gasteiger partial charge in [0.15, 0.2) is 0 Å². The second-order valence-corrected chi connectivity index (χ2v) is 7.12. The smallest absolute Gasteiger partial charge is 0.131 e. The molecule has 1 N–H and O–H groups in total. The molecule has 4 rings (SSSR count). The van der Waals surface area contributed by atoms with Crippen LogP contribution >= 0.6 is 11.6 Å². The molecule has 0 aliphatic rings. The second-order valence-electron chi connectivity index (χ2n) is 6.72. The normalized spacial score (nSPS) is 11.0. The van der Waals surface area contributed by atoms with E-state index in [1.54, 1.807) is 18.3 Å². The first-order valence-electron chi connectivity index (χ1n) is 9.38. The Balaban J connectivity index is 1.58. The van der Waals surface area contributed by atoms with E-state index in [-0.39, 0.29) is 12.4 Å². The van der Waals surface area contributed by atoms with E-state index in [1.165, 1.54) is 6.07 Å². The minimum Gasteiger partial charge on any atom is -0.488 e. The maximum atomic E-state index is 14.1. The number of rotatable bonds is 7. The molecule has 0 aliphatic heterocycles. The molecule has 0 atom stereocenters. The van der Waals surface area contributed by atoms with Gasteiger partial charge in [0.2, 0.25) is 0 Å². The molecule has 0 saturated heterocycles. The number of halogens is 2. The number of fused-ring (bicyclic) bond motifs is 1. The monoisotopic (exact) mass is 406 g/mol. The number of pyridine rings is 1. The van der Waals surface area contributed by atoms with E-state index in [0.29, 0.717) is 29.4 Å². The van der Waals surface area contributed by atoms with Crippen LogP contribution in [0.2, 0.25) is 5.02 Å². The molecule has 3 nitrogen and oxygen atoms in total. The zero-order valence-electron chi connectivity index (χ0n) is 15.7. The lowest BCUT2D eigenvalue weighted by Gasteiger charge is -2.16. The molecular formula is C24H20ClFN2O. The van der Waals surface area contributed by atoms with Crippen molar-refractivity contribution in [3.8, 4) is 5.75 Å². The van der Waals surface area contributed by atoms with E-state index in [2.05, 4.69) is 22.4 Å². The summed E-state index contributed by atoms with van der Waals surface area (Å²) >= 11 is 6.14. The Morgan fingerprint density at radius 1 is 0.897 bits per heavy atom. The molecule has 0 bridgehead atoms. The fraction of sp³-hybridized carbons (Fsp3) is 0.125. The lowest BCUT2D eigenvalue weighted by molar-refractivity contribution is 0.296. The molecule has 4 aromatic rings. The van der Waals surface area contributed by atoms with Crippen molar-refractivity contribution in [1.29, 1.82) is 0 Å². The van der Waals surface area contributed by atoms with Gasteiger partial charge in [-0.3, -0.25) is 4.98 Å². The van der Waals surface area contributed by atoms with Crippen molar-refractivity contribution in [3.05, 3.63) is 107 Å². The number of nitrogens with zero attached hydrogens (tertiary/aromatic N) is 1. The van der Waals surface area contributed by atoms with Gasteiger partial charge in [0.25, 0.3) is 0 Å². The van der Waals surface area contributed by atoms with Crippen LogP contribution in [-0.4, -0.2) is 4.98 Å². The summed E-state index contributed by atoms with van der Waals surface area (Å²) in [7, 11) is 0. The molecule has 0 unspecified atom stereocenters. The van der Waals surface area contributed by atoms with E-state index < -0.39 is 0 Å². The molecule has 0 amide bonds. The predicted octanol–water partition coefficient (Wildman–Crippen LogP) is 5.90. The van der Waals surface area contributed by atoms with Gasteiger partial charge in [-0.2, -0.15) is 0 Å². The van der Waals surface area contributed by atoms with Crippen molar-refractivity contribution < 1.29 is 9.13 Å². The van der Waals surface area contributed by atoms with Crippen LogP contribution in [0.1, 0.15) is 16.7 Å². The average Bonchev–Trinajstić information content (AvgIpc) is 2.75. The van der Waals surface area contributed by atoms with E-state index in [1.807, 2.05) is 42.6 Å². The Labute approximate surface area is 174 Å². The van der Waals surface area contributed by atoms with Crippen LogP contribution in [-0.2, 0) is 19.7 Å². The summed E-state index contributed by atoms with van der Waals surface area (Å²) < 4.78 is 20.1. The zero-order chi connectivity index (χ0) is 20.1. The second kappa shape index (κ2) is 9.03. The molecule has 5 heteroatoms. The number of hydrogen-bond acceptors (Lipinski definition) is 3. The number of nitrogens with one attached hydrogen (secondary N) is 1. The first-order chi connectivity index (χ1) is 14.2. The number of aromatic nitrogens is 1. The predicted molar refractivity (Wildman–Crippen MR) is 114 cm³/mol. The SMILES string of the molecule is Fc1cccc(Cl)c1COc1ccc2ccccc2c1CNCc1cccnc1. The molecule has 3 aromatic carbocycles. The highest BCUT2D eigenvalue weighted by molar-refractivity contribution is 6.31. The molecule has 1 heterocycles. The summed E-state index contributed by atoms with van der Waals surface area (Å²) in [5.74, 6) is 0.344. The largest absolute Gasteiger partial charge is 0.488 e. The molecule has 0 aliphatic carbocycles. The van der Waals surface area contributed by atoms with E-state index in [9.17, 15) is 4.39 Å². The van der Waals surface area contributed by atoms with Crippen LogP contribution in [0.3, 0.4) is 0 Å². The maximum absolute atomic E-state index is 14.1. The van der Waals surface area contributed by atoms with Crippen LogP contribution in [0.5, 0.6) is 5.75 Å². The van der Waals surface area contributed by atoms with E-state index in [0.717, 1.165) is 21.9 Å².